The molecule has 2 heterocycles. The van der Waals surface area contributed by atoms with E-state index < -0.39 is 6.10 Å². The van der Waals surface area contributed by atoms with Crippen molar-refractivity contribution in [1.82, 2.24) is 15.5 Å². The van der Waals surface area contributed by atoms with E-state index >= 15 is 0 Å². The number of guanidine groups is 1. The summed E-state index contributed by atoms with van der Waals surface area (Å²) in [6.45, 7) is 8.84. The number of aliphatic hydroxyl groups is 1. The first-order chi connectivity index (χ1) is 14.7. The molecule has 1 aromatic carbocycles. The number of rotatable bonds is 11. The summed E-state index contributed by atoms with van der Waals surface area (Å²) in [6, 6.07) is 8.58. The van der Waals surface area contributed by atoms with E-state index in [1.54, 1.807) is 0 Å². The molecular formula is C23H38N4O3. The molecule has 2 atom stereocenters. The highest BCUT2D eigenvalue weighted by molar-refractivity contribution is 5.79. The highest BCUT2D eigenvalue weighted by Gasteiger charge is 2.18. The number of ether oxygens (including phenoxy) is 2. The van der Waals surface area contributed by atoms with Crippen LogP contribution in [-0.4, -0.2) is 80.7 Å². The van der Waals surface area contributed by atoms with E-state index in [1.165, 1.54) is 11.1 Å². The lowest BCUT2D eigenvalue weighted by atomic mass is 10.00. The molecule has 7 nitrogen and oxygen atoms in total. The van der Waals surface area contributed by atoms with Gasteiger partial charge in [0.25, 0.3) is 0 Å². The van der Waals surface area contributed by atoms with Gasteiger partial charge in [0, 0.05) is 45.9 Å². The first-order valence-electron chi connectivity index (χ1n) is 11.4. The van der Waals surface area contributed by atoms with Gasteiger partial charge in [0.2, 0.25) is 0 Å². The van der Waals surface area contributed by atoms with Crippen molar-refractivity contribution in [2.75, 3.05) is 52.5 Å². The highest BCUT2D eigenvalue weighted by atomic mass is 16.5. The van der Waals surface area contributed by atoms with E-state index in [4.69, 9.17) is 9.47 Å². The van der Waals surface area contributed by atoms with Crippen LogP contribution < -0.4 is 10.6 Å². The molecule has 0 spiro atoms. The van der Waals surface area contributed by atoms with Crippen LogP contribution in [0.5, 0.6) is 0 Å². The number of nitrogens with one attached hydrogen (secondary N) is 2. The maximum absolute atomic E-state index is 10.5. The van der Waals surface area contributed by atoms with Gasteiger partial charge in [-0.1, -0.05) is 24.3 Å². The number of benzene rings is 1. The fourth-order valence-corrected chi connectivity index (χ4v) is 3.98. The molecule has 1 saturated heterocycles. The van der Waals surface area contributed by atoms with Crippen LogP contribution in [0.4, 0.5) is 0 Å². The Morgan fingerprint density at radius 3 is 3.00 bits per heavy atom. The zero-order chi connectivity index (χ0) is 21.0. The summed E-state index contributed by atoms with van der Waals surface area (Å²) in [5.74, 6) is 0.750. The number of fused-ring (bicyclic) bond motifs is 1. The Morgan fingerprint density at radius 2 is 2.20 bits per heavy atom. The Bertz CT molecular complexity index is 649. The predicted octanol–water partition coefficient (Wildman–Crippen LogP) is 1.55. The number of hydrogen-bond donors (Lipinski definition) is 3. The van der Waals surface area contributed by atoms with Crippen molar-refractivity contribution in [1.29, 1.82) is 0 Å². The molecule has 1 fully saturated rings. The van der Waals surface area contributed by atoms with Crippen LogP contribution in [0.3, 0.4) is 0 Å². The van der Waals surface area contributed by atoms with Crippen LogP contribution in [0.15, 0.2) is 29.3 Å². The molecule has 2 aliphatic rings. The molecule has 0 saturated carbocycles. The quantitative estimate of drug-likeness (QED) is 0.288. The van der Waals surface area contributed by atoms with Gasteiger partial charge in [-0.05, 0) is 43.7 Å². The van der Waals surface area contributed by atoms with E-state index in [0.29, 0.717) is 26.3 Å². The average molecular weight is 419 g/mol. The number of β-amino-alcohol motifs (C(OH)–C–C–N with tert-alkyl or cyclic N) is 1. The molecule has 1 aromatic rings. The van der Waals surface area contributed by atoms with E-state index in [-0.39, 0.29) is 6.10 Å². The van der Waals surface area contributed by atoms with Crippen LogP contribution in [-0.2, 0) is 22.4 Å². The van der Waals surface area contributed by atoms with Crippen LogP contribution in [0.25, 0.3) is 0 Å². The number of nitrogens with zero attached hydrogens (tertiary/aromatic N) is 2. The van der Waals surface area contributed by atoms with Gasteiger partial charge in [-0.3, -0.25) is 9.89 Å². The van der Waals surface area contributed by atoms with Gasteiger partial charge in [0.1, 0.15) is 0 Å². The number of aliphatic hydroxyl groups excluding tert-OH is 1. The van der Waals surface area contributed by atoms with Crippen molar-refractivity contribution < 1.29 is 14.6 Å². The molecule has 0 bridgehead atoms. The smallest absolute Gasteiger partial charge is 0.191 e. The Balaban J connectivity index is 1.32. The Kier molecular flexibility index (Phi) is 9.89. The van der Waals surface area contributed by atoms with Crippen molar-refractivity contribution in [2.24, 2.45) is 4.99 Å². The molecule has 3 N–H and O–H groups in total. The van der Waals surface area contributed by atoms with Gasteiger partial charge in [0.15, 0.2) is 5.96 Å². The lowest BCUT2D eigenvalue weighted by Gasteiger charge is -2.30. The molecule has 2 unspecified atom stereocenters. The van der Waals surface area contributed by atoms with E-state index in [1.807, 2.05) is 6.92 Å². The SMILES string of the molecule is CCNC(=NCC(O)CN1CCc2ccccc2C1)NCCCOCC1CCCO1. The van der Waals surface area contributed by atoms with Gasteiger partial charge in [-0.25, -0.2) is 0 Å². The lowest BCUT2D eigenvalue weighted by molar-refractivity contribution is 0.0168. The minimum absolute atomic E-state index is 0.284. The van der Waals surface area contributed by atoms with Crippen molar-refractivity contribution in [3.63, 3.8) is 0 Å². The van der Waals surface area contributed by atoms with E-state index in [0.717, 1.165) is 64.4 Å². The minimum atomic E-state index is -0.472. The van der Waals surface area contributed by atoms with Crippen LogP contribution >= 0.6 is 0 Å². The van der Waals surface area contributed by atoms with Crippen molar-refractivity contribution >= 4 is 5.96 Å². The summed E-state index contributed by atoms with van der Waals surface area (Å²) >= 11 is 0. The zero-order valence-electron chi connectivity index (χ0n) is 18.3. The number of hydrogen-bond acceptors (Lipinski definition) is 5. The minimum Gasteiger partial charge on any atom is -0.390 e. The van der Waals surface area contributed by atoms with Crippen LogP contribution in [0.1, 0.15) is 37.3 Å². The molecular weight excluding hydrogens is 380 g/mol. The normalized spacial score (nSPS) is 20.7. The third kappa shape index (κ3) is 7.87. The van der Waals surface area contributed by atoms with Gasteiger partial charge < -0.3 is 25.2 Å². The molecule has 0 aliphatic carbocycles. The lowest BCUT2D eigenvalue weighted by Crippen LogP contribution is -2.40. The molecule has 0 aromatic heterocycles. The fraction of sp³-hybridized carbons (Fsp3) is 0.696. The summed E-state index contributed by atoms with van der Waals surface area (Å²) in [5, 5.41) is 17.0. The third-order valence-electron chi connectivity index (χ3n) is 5.57. The zero-order valence-corrected chi connectivity index (χ0v) is 18.3. The molecule has 2 aliphatic heterocycles. The molecule has 3 rings (SSSR count). The standard InChI is InChI=1S/C23H38N4O3/c1-2-24-23(25-11-6-13-29-18-22-9-5-14-30-22)26-15-21(28)17-27-12-10-19-7-3-4-8-20(19)16-27/h3-4,7-8,21-22,28H,2,5-6,9-18H2,1H3,(H2,24,25,26). The summed E-state index contributed by atoms with van der Waals surface area (Å²) in [7, 11) is 0. The largest absolute Gasteiger partial charge is 0.390 e. The van der Waals surface area contributed by atoms with Crippen molar-refractivity contribution in [3.05, 3.63) is 35.4 Å². The van der Waals surface area contributed by atoms with E-state index in [2.05, 4.69) is 44.8 Å². The van der Waals surface area contributed by atoms with Crippen LogP contribution in [0.2, 0.25) is 0 Å². The van der Waals surface area contributed by atoms with Gasteiger partial charge in [-0.2, -0.15) is 0 Å². The summed E-state index contributed by atoms with van der Waals surface area (Å²) < 4.78 is 11.3. The average Bonchev–Trinajstić information content (AvgIpc) is 3.28. The van der Waals surface area contributed by atoms with Crippen molar-refractivity contribution in [2.45, 2.75) is 51.4 Å². The van der Waals surface area contributed by atoms with Crippen molar-refractivity contribution in [3.8, 4) is 0 Å². The fourth-order valence-electron chi connectivity index (χ4n) is 3.98. The first kappa shape index (κ1) is 23.0. The summed E-state index contributed by atoms with van der Waals surface area (Å²) in [4.78, 5) is 6.87. The second-order valence-corrected chi connectivity index (χ2v) is 8.12. The molecule has 30 heavy (non-hydrogen) atoms. The predicted molar refractivity (Wildman–Crippen MR) is 120 cm³/mol. The highest BCUT2D eigenvalue weighted by Crippen LogP contribution is 2.18. The Labute approximate surface area is 180 Å². The third-order valence-corrected chi connectivity index (χ3v) is 5.57. The second-order valence-electron chi connectivity index (χ2n) is 8.12. The maximum Gasteiger partial charge on any atom is 0.191 e. The van der Waals surface area contributed by atoms with Gasteiger partial charge in [-0.15, -0.1) is 0 Å². The maximum atomic E-state index is 10.5. The topological polar surface area (TPSA) is 78.4 Å². The summed E-state index contributed by atoms with van der Waals surface area (Å²) in [5.41, 5.74) is 2.80. The second kappa shape index (κ2) is 12.9. The summed E-state index contributed by atoms with van der Waals surface area (Å²) in [6.07, 6.45) is 4.03. The molecule has 7 heteroatoms. The Morgan fingerprint density at radius 1 is 1.33 bits per heavy atom. The monoisotopic (exact) mass is 418 g/mol. The van der Waals surface area contributed by atoms with Gasteiger partial charge in [0.05, 0.1) is 25.4 Å². The molecule has 0 amide bonds. The van der Waals surface area contributed by atoms with Gasteiger partial charge >= 0.3 is 0 Å². The van der Waals surface area contributed by atoms with Crippen LogP contribution in [0, 0.1) is 0 Å². The number of aliphatic imine (C=N–C) groups is 1. The molecule has 0 radical (unpaired) electrons. The van der Waals surface area contributed by atoms with E-state index in [9.17, 15) is 5.11 Å². The Hall–Kier alpha value is -1.67. The molecule has 168 valence electrons. The first-order valence-corrected chi connectivity index (χ1v) is 11.4.